The smallest absolute Gasteiger partial charge is 0.335 e. The molecule has 2 N–H and O–H groups in total. The van der Waals surface area contributed by atoms with Gasteiger partial charge in [0.1, 0.15) is 0 Å². The number of hydrogen-bond acceptors (Lipinski definition) is 4. The Balaban J connectivity index is 2.78. The molecule has 1 rings (SSSR count). The maximum Gasteiger partial charge on any atom is 0.335 e. The van der Waals surface area contributed by atoms with Crippen molar-refractivity contribution in [2.24, 2.45) is 0 Å². The number of nitrogens with one attached hydrogen (secondary N) is 1. The lowest BCUT2D eigenvalue weighted by Crippen LogP contribution is -2.27. The topological polar surface area (TPSA) is 92.7 Å². The average Bonchev–Trinajstić information content (AvgIpc) is 2.35. The fraction of sp³-hybridized carbons (Fsp3) is 0.364. The van der Waals surface area contributed by atoms with Gasteiger partial charge in [0.05, 0.1) is 17.1 Å². The van der Waals surface area contributed by atoms with Crippen molar-refractivity contribution in [3.63, 3.8) is 0 Å². The molecule has 0 saturated heterocycles. The highest BCUT2D eigenvalue weighted by molar-refractivity contribution is 7.89. The van der Waals surface area contributed by atoms with Crippen molar-refractivity contribution in [3.8, 4) is 0 Å². The number of benzene rings is 1. The van der Waals surface area contributed by atoms with Crippen molar-refractivity contribution in [3.05, 3.63) is 29.8 Å². The third-order valence-corrected chi connectivity index (χ3v) is 3.59. The molecule has 0 spiro atoms. The van der Waals surface area contributed by atoms with Gasteiger partial charge in [0.2, 0.25) is 10.0 Å². The minimum atomic E-state index is -3.69. The summed E-state index contributed by atoms with van der Waals surface area (Å²) in [6.45, 7) is 2.74. The van der Waals surface area contributed by atoms with Crippen molar-refractivity contribution in [2.75, 3.05) is 19.8 Å². The predicted molar refractivity (Wildman–Crippen MR) is 65.1 cm³/mol. The third kappa shape index (κ3) is 4.10. The lowest BCUT2D eigenvalue weighted by atomic mass is 10.2. The Bertz CT molecular complexity index is 512. The number of sulfonamides is 1. The van der Waals surface area contributed by atoms with Gasteiger partial charge in [-0.1, -0.05) is 6.07 Å². The zero-order valence-electron chi connectivity index (χ0n) is 9.92. The number of aromatic carboxylic acids is 1. The Morgan fingerprint density at radius 3 is 2.78 bits per heavy atom. The van der Waals surface area contributed by atoms with Crippen LogP contribution in [0.25, 0.3) is 0 Å². The minimum absolute atomic E-state index is 0.0670. The molecule has 18 heavy (non-hydrogen) atoms. The zero-order valence-corrected chi connectivity index (χ0v) is 10.7. The Morgan fingerprint density at radius 2 is 2.17 bits per heavy atom. The van der Waals surface area contributed by atoms with Gasteiger partial charge in [0.15, 0.2) is 0 Å². The normalized spacial score (nSPS) is 11.4. The molecule has 0 aliphatic heterocycles. The van der Waals surface area contributed by atoms with Crippen LogP contribution in [0.3, 0.4) is 0 Å². The fourth-order valence-corrected chi connectivity index (χ4v) is 2.33. The summed E-state index contributed by atoms with van der Waals surface area (Å²) in [5.41, 5.74) is -0.0670. The van der Waals surface area contributed by atoms with E-state index < -0.39 is 16.0 Å². The third-order valence-electron chi connectivity index (χ3n) is 2.13. The van der Waals surface area contributed by atoms with Gasteiger partial charge in [-0.15, -0.1) is 0 Å². The molecule has 0 aliphatic carbocycles. The molecule has 0 unspecified atom stereocenters. The van der Waals surface area contributed by atoms with Crippen molar-refractivity contribution < 1.29 is 23.1 Å². The Morgan fingerprint density at radius 1 is 1.44 bits per heavy atom. The van der Waals surface area contributed by atoms with Crippen LogP contribution in [0.15, 0.2) is 29.2 Å². The van der Waals surface area contributed by atoms with Crippen LogP contribution >= 0.6 is 0 Å². The molecule has 0 aliphatic rings. The maximum absolute atomic E-state index is 11.8. The summed E-state index contributed by atoms with van der Waals surface area (Å²) in [7, 11) is -3.69. The number of carboxylic acids is 1. The Labute approximate surface area is 106 Å². The molecular weight excluding hydrogens is 258 g/mol. The first-order valence-electron chi connectivity index (χ1n) is 5.38. The van der Waals surface area contributed by atoms with E-state index in [0.29, 0.717) is 6.61 Å². The van der Waals surface area contributed by atoms with E-state index in [9.17, 15) is 13.2 Å². The van der Waals surface area contributed by atoms with Crippen LogP contribution in [0.5, 0.6) is 0 Å². The first-order valence-corrected chi connectivity index (χ1v) is 6.86. The van der Waals surface area contributed by atoms with Gasteiger partial charge in [-0.3, -0.25) is 0 Å². The summed E-state index contributed by atoms with van der Waals surface area (Å²) in [5, 5.41) is 8.79. The highest BCUT2D eigenvalue weighted by Gasteiger charge is 2.15. The Hall–Kier alpha value is -1.44. The van der Waals surface area contributed by atoms with E-state index >= 15 is 0 Å². The van der Waals surface area contributed by atoms with E-state index in [1.807, 2.05) is 6.92 Å². The van der Waals surface area contributed by atoms with Gasteiger partial charge < -0.3 is 9.84 Å². The quantitative estimate of drug-likeness (QED) is 0.713. The monoisotopic (exact) mass is 273 g/mol. The molecular formula is C11H15NO5S. The standard InChI is InChI=1S/C11H15NO5S/c1-2-17-7-6-12-18(15,16)10-5-3-4-9(8-10)11(13)14/h3-5,8,12H,2,6-7H2,1H3,(H,13,14). The van der Waals surface area contributed by atoms with Gasteiger partial charge >= 0.3 is 5.97 Å². The average molecular weight is 273 g/mol. The molecule has 6 nitrogen and oxygen atoms in total. The molecule has 0 fully saturated rings. The number of rotatable bonds is 7. The van der Waals surface area contributed by atoms with Gasteiger partial charge in [0, 0.05) is 13.2 Å². The van der Waals surface area contributed by atoms with E-state index in [0.717, 1.165) is 6.07 Å². The largest absolute Gasteiger partial charge is 0.478 e. The molecule has 0 saturated carbocycles. The number of ether oxygens (including phenoxy) is 1. The molecule has 1 aromatic carbocycles. The zero-order chi connectivity index (χ0) is 13.6. The van der Waals surface area contributed by atoms with E-state index in [2.05, 4.69) is 4.72 Å². The van der Waals surface area contributed by atoms with Crippen LogP contribution in [-0.4, -0.2) is 39.3 Å². The molecule has 0 heterocycles. The summed E-state index contributed by atoms with van der Waals surface area (Å²) in [6, 6.07) is 5.18. The molecule has 0 amide bonds. The molecule has 0 aromatic heterocycles. The van der Waals surface area contributed by atoms with Crippen molar-refractivity contribution in [2.45, 2.75) is 11.8 Å². The lowest BCUT2D eigenvalue weighted by molar-refractivity contribution is 0.0696. The molecule has 1 aromatic rings. The second-order valence-electron chi connectivity index (χ2n) is 3.43. The van der Waals surface area contributed by atoms with Crippen LogP contribution in [0, 0.1) is 0 Å². The Kier molecular flexibility index (Phi) is 5.26. The van der Waals surface area contributed by atoms with E-state index in [4.69, 9.17) is 9.84 Å². The van der Waals surface area contributed by atoms with Crippen LogP contribution in [0.2, 0.25) is 0 Å². The molecule has 100 valence electrons. The van der Waals surface area contributed by atoms with Crippen molar-refractivity contribution in [1.82, 2.24) is 4.72 Å². The van der Waals surface area contributed by atoms with Crippen LogP contribution in [-0.2, 0) is 14.8 Å². The van der Waals surface area contributed by atoms with Gasteiger partial charge in [0.25, 0.3) is 0 Å². The van der Waals surface area contributed by atoms with Gasteiger partial charge in [-0.25, -0.2) is 17.9 Å². The highest BCUT2D eigenvalue weighted by Crippen LogP contribution is 2.11. The number of carboxylic acid groups (broad SMARTS) is 1. The van der Waals surface area contributed by atoms with Crippen molar-refractivity contribution in [1.29, 1.82) is 0 Å². The van der Waals surface area contributed by atoms with E-state index in [1.54, 1.807) is 0 Å². The molecule has 7 heteroatoms. The first-order chi connectivity index (χ1) is 8.47. The summed E-state index contributed by atoms with van der Waals surface area (Å²) in [6.07, 6.45) is 0. The second-order valence-corrected chi connectivity index (χ2v) is 5.19. The van der Waals surface area contributed by atoms with Crippen LogP contribution in [0.1, 0.15) is 17.3 Å². The summed E-state index contributed by atoms with van der Waals surface area (Å²) in [5.74, 6) is -1.17. The van der Waals surface area contributed by atoms with Crippen molar-refractivity contribution >= 4 is 16.0 Å². The first kappa shape index (κ1) is 14.6. The number of hydrogen-bond donors (Lipinski definition) is 2. The lowest BCUT2D eigenvalue weighted by Gasteiger charge is -2.07. The summed E-state index contributed by atoms with van der Waals surface area (Å²) < 4.78 is 31.0. The number of carbonyl (C=O) groups is 1. The van der Waals surface area contributed by atoms with Gasteiger partial charge in [-0.05, 0) is 25.1 Å². The fourth-order valence-electron chi connectivity index (χ4n) is 1.27. The summed E-state index contributed by atoms with van der Waals surface area (Å²) in [4.78, 5) is 10.7. The highest BCUT2D eigenvalue weighted by atomic mass is 32.2. The minimum Gasteiger partial charge on any atom is -0.478 e. The van der Waals surface area contributed by atoms with Crippen LogP contribution in [0.4, 0.5) is 0 Å². The molecule has 0 bridgehead atoms. The second kappa shape index (κ2) is 6.48. The van der Waals surface area contributed by atoms with E-state index in [1.165, 1.54) is 18.2 Å². The molecule has 0 atom stereocenters. The van der Waals surface area contributed by atoms with E-state index in [-0.39, 0.29) is 23.6 Å². The maximum atomic E-state index is 11.8. The predicted octanol–water partition coefficient (Wildman–Crippen LogP) is 0.700. The van der Waals surface area contributed by atoms with Gasteiger partial charge in [-0.2, -0.15) is 0 Å². The summed E-state index contributed by atoms with van der Waals surface area (Å²) >= 11 is 0. The van der Waals surface area contributed by atoms with Crippen LogP contribution < -0.4 is 4.72 Å². The SMILES string of the molecule is CCOCCNS(=O)(=O)c1cccc(C(=O)O)c1. The molecule has 0 radical (unpaired) electrons.